The quantitative estimate of drug-likeness (QED) is 0.831. The molecule has 3 rings (SSSR count). The zero-order valence-corrected chi connectivity index (χ0v) is 16.5. The lowest BCUT2D eigenvalue weighted by atomic mass is 9.88. The van der Waals surface area contributed by atoms with Gasteiger partial charge in [0.15, 0.2) is 6.61 Å². The van der Waals surface area contributed by atoms with Crippen LogP contribution in [0, 0.1) is 32.6 Å². The van der Waals surface area contributed by atoms with E-state index in [1.165, 1.54) is 5.56 Å². The van der Waals surface area contributed by atoms with Crippen LogP contribution in [-0.2, 0) is 9.59 Å². The van der Waals surface area contributed by atoms with Crippen LogP contribution >= 0.6 is 0 Å². The second kappa shape index (κ2) is 7.29. The lowest BCUT2D eigenvalue weighted by molar-refractivity contribution is -0.135. The maximum Gasteiger partial charge on any atom is 0.260 e. The highest BCUT2D eigenvalue weighted by molar-refractivity contribution is 5.78. The van der Waals surface area contributed by atoms with Crippen LogP contribution in [0.3, 0.4) is 0 Å². The Morgan fingerprint density at radius 3 is 2.58 bits per heavy atom. The molecule has 5 heteroatoms. The van der Waals surface area contributed by atoms with Crippen LogP contribution in [0.15, 0.2) is 12.1 Å². The molecule has 2 amide bonds. The van der Waals surface area contributed by atoms with Crippen LogP contribution < -0.4 is 4.74 Å². The highest BCUT2D eigenvalue weighted by atomic mass is 16.5. The maximum absolute atomic E-state index is 12.7. The summed E-state index contributed by atoms with van der Waals surface area (Å²) in [4.78, 5) is 28.3. The van der Waals surface area contributed by atoms with Crippen molar-refractivity contribution in [3.8, 4) is 5.75 Å². The lowest BCUT2D eigenvalue weighted by Crippen LogP contribution is -2.40. The van der Waals surface area contributed by atoms with E-state index in [9.17, 15) is 9.59 Å². The molecule has 1 aliphatic carbocycles. The Balaban J connectivity index is 1.59. The Bertz CT molecular complexity index is 715. The third kappa shape index (κ3) is 3.57. The molecule has 142 valence electrons. The number of fused-ring (bicyclic) bond motifs is 1. The van der Waals surface area contributed by atoms with E-state index in [0.717, 1.165) is 36.3 Å². The van der Waals surface area contributed by atoms with Gasteiger partial charge in [-0.05, 0) is 62.1 Å². The number of amides is 2. The number of aryl methyl sites for hydroxylation is 2. The number of benzene rings is 1. The molecule has 2 fully saturated rings. The molecule has 1 heterocycles. The van der Waals surface area contributed by atoms with Crippen molar-refractivity contribution in [1.29, 1.82) is 0 Å². The van der Waals surface area contributed by atoms with E-state index in [1.54, 1.807) is 0 Å². The first-order valence-corrected chi connectivity index (χ1v) is 9.47. The number of rotatable bonds is 4. The van der Waals surface area contributed by atoms with Gasteiger partial charge in [0.25, 0.3) is 5.91 Å². The van der Waals surface area contributed by atoms with Crippen LogP contribution in [0.4, 0.5) is 0 Å². The molecular weight excluding hydrogens is 328 g/mol. The number of hydrogen-bond acceptors (Lipinski definition) is 3. The van der Waals surface area contributed by atoms with Gasteiger partial charge in [0.1, 0.15) is 5.75 Å². The third-order valence-electron chi connectivity index (χ3n) is 6.34. The monoisotopic (exact) mass is 358 g/mol. The summed E-state index contributed by atoms with van der Waals surface area (Å²) in [5.41, 5.74) is 3.31. The SMILES string of the molecule is Cc1ccc(C)c(OCC(=O)N(C)[C@@H]2C[C@@H]3CC(=O)N(C)C[C@@H]3C2)c1C. The minimum Gasteiger partial charge on any atom is -0.483 e. The van der Waals surface area contributed by atoms with Crippen molar-refractivity contribution >= 4 is 11.8 Å². The summed E-state index contributed by atoms with van der Waals surface area (Å²) in [5, 5.41) is 0. The molecule has 2 aliphatic rings. The summed E-state index contributed by atoms with van der Waals surface area (Å²) in [7, 11) is 3.75. The zero-order valence-electron chi connectivity index (χ0n) is 16.5. The number of ether oxygens (including phenoxy) is 1. The number of likely N-dealkylation sites (N-methyl/N-ethyl adjacent to an activating group) is 1. The van der Waals surface area contributed by atoms with Gasteiger partial charge in [-0.2, -0.15) is 0 Å². The zero-order chi connectivity index (χ0) is 19.0. The maximum atomic E-state index is 12.7. The van der Waals surface area contributed by atoms with Crippen LogP contribution in [0.2, 0.25) is 0 Å². The van der Waals surface area contributed by atoms with Gasteiger partial charge in [0, 0.05) is 33.1 Å². The Labute approximate surface area is 156 Å². The summed E-state index contributed by atoms with van der Waals surface area (Å²) in [6.07, 6.45) is 2.53. The molecule has 1 saturated carbocycles. The van der Waals surface area contributed by atoms with Crippen molar-refractivity contribution in [2.75, 3.05) is 27.2 Å². The molecule has 0 unspecified atom stereocenters. The van der Waals surface area contributed by atoms with E-state index >= 15 is 0 Å². The summed E-state index contributed by atoms with van der Waals surface area (Å²) < 4.78 is 5.89. The fraction of sp³-hybridized carbons (Fsp3) is 0.619. The van der Waals surface area contributed by atoms with Gasteiger partial charge < -0.3 is 14.5 Å². The molecule has 0 aromatic heterocycles. The number of likely N-dealkylation sites (tertiary alicyclic amines) is 1. The smallest absolute Gasteiger partial charge is 0.260 e. The summed E-state index contributed by atoms with van der Waals surface area (Å²) >= 11 is 0. The van der Waals surface area contributed by atoms with Crippen LogP contribution in [-0.4, -0.2) is 54.9 Å². The predicted molar refractivity (Wildman–Crippen MR) is 101 cm³/mol. The molecule has 0 N–H and O–H groups in total. The Hall–Kier alpha value is -2.04. The van der Waals surface area contributed by atoms with E-state index < -0.39 is 0 Å². The minimum absolute atomic E-state index is 0.00799. The van der Waals surface area contributed by atoms with Gasteiger partial charge in [0.2, 0.25) is 5.91 Å². The summed E-state index contributed by atoms with van der Waals surface area (Å²) in [6, 6.07) is 4.31. The van der Waals surface area contributed by atoms with Crippen molar-refractivity contribution in [2.24, 2.45) is 11.8 Å². The van der Waals surface area contributed by atoms with Crippen molar-refractivity contribution in [2.45, 2.75) is 46.1 Å². The number of nitrogens with zero attached hydrogens (tertiary/aromatic N) is 2. The predicted octanol–water partition coefficient (Wildman–Crippen LogP) is 2.71. The molecule has 1 aromatic rings. The van der Waals surface area contributed by atoms with E-state index in [4.69, 9.17) is 4.74 Å². The molecule has 3 atom stereocenters. The summed E-state index contributed by atoms with van der Waals surface area (Å²) in [6.45, 7) is 6.97. The van der Waals surface area contributed by atoms with Crippen molar-refractivity contribution < 1.29 is 14.3 Å². The standard InChI is InChI=1S/C21H30N2O3/c1-13-6-7-14(2)21(15(13)3)26-12-20(25)23(5)18-8-16-10-19(24)22(4)11-17(16)9-18/h6-7,16-18H,8-12H2,1-5H3/t16-,17+,18-/m1/s1. The lowest BCUT2D eigenvalue weighted by Gasteiger charge is -2.31. The molecule has 0 radical (unpaired) electrons. The Morgan fingerprint density at radius 1 is 1.19 bits per heavy atom. The average molecular weight is 358 g/mol. The van der Waals surface area contributed by atoms with Crippen LogP contribution in [0.25, 0.3) is 0 Å². The largest absolute Gasteiger partial charge is 0.483 e. The van der Waals surface area contributed by atoms with Gasteiger partial charge in [-0.25, -0.2) is 0 Å². The molecule has 1 aliphatic heterocycles. The first kappa shape index (κ1) is 18.7. The van der Waals surface area contributed by atoms with Crippen LogP contribution in [0.1, 0.15) is 36.0 Å². The van der Waals surface area contributed by atoms with E-state index in [0.29, 0.717) is 18.3 Å². The fourth-order valence-electron chi connectivity index (χ4n) is 4.39. The van der Waals surface area contributed by atoms with E-state index in [1.807, 2.05) is 50.7 Å². The second-order valence-corrected chi connectivity index (χ2v) is 8.07. The number of carbonyl (C=O) groups is 2. The van der Waals surface area contributed by atoms with Crippen molar-refractivity contribution in [1.82, 2.24) is 9.80 Å². The number of carbonyl (C=O) groups excluding carboxylic acids is 2. The van der Waals surface area contributed by atoms with Gasteiger partial charge in [-0.1, -0.05) is 12.1 Å². The Morgan fingerprint density at radius 2 is 1.85 bits per heavy atom. The molecule has 26 heavy (non-hydrogen) atoms. The van der Waals surface area contributed by atoms with Gasteiger partial charge >= 0.3 is 0 Å². The first-order valence-electron chi connectivity index (χ1n) is 9.47. The topological polar surface area (TPSA) is 49.9 Å². The second-order valence-electron chi connectivity index (χ2n) is 8.07. The molecule has 1 aromatic carbocycles. The van der Waals surface area contributed by atoms with Crippen LogP contribution in [0.5, 0.6) is 5.75 Å². The van der Waals surface area contributed by atoms with Gasteiger partial charge in [-0.15, -0.1) is 0 Å². The Kier molecular flexibility index (Phi) is 5.26. The van der Waals surface area contributed by atoms with E-state index in [2.05, 4.69) is 6.07 Å². The highest BCUT2D eigenvalue weighted by Crippen LogP contribution is 2.40. The minimum atomic E-state index is 0.00799. The molecule has 0 bridgehead atoms. The average Bonchev–Trinajstić information content (AvgIpc) is 3.00. The van der Waals surface area contributed by atoms with E-state index in [-0.39, 0.29) is 24.5 Å². The fourth-order valence-corrected chi connectivity index (χ4v) is 4.39. The molecule has 1 saturated heterocycles. The van der Waals surface area contributed by atoms with Crippen molar-refractivity contribution in [3.05, 3.63) is 28.8 Å². The molecular formula is C21H30N2O3. The molecule has 0 spiro atoms. The summed E-state index contributed by atoms with van der Waals surface area (Å²) in [5.74, 6) is 1.99. The highest BCUT2D eigenvalue weighted by Gasteiger charge is 2.42. The normalized spacial score (nSPS) is 25.2. The molecule has 5 nitrogen and oxygen atoms in total. The number of piperidine rings is 1. The third-order valence-corrected chi connectivity index (χ3v) is 6.34. The van der Waals surface area contributed by atoms with Crippen molar-refractivity contribution in [3.63, 3.8) is 0 Å². The van der Waals surface area contributed by atoms with Gasteiger partial charge in [-0.3, -0.25) is 9.59 Å². The van der Waals surface area contributed by atoms with Gasteiger partial charge in [0.05, 0.1) is 0 Å². The number of hydrogen-bond donors (Lipinski definition) is 0. The first-order chi connectivity index (χ1) is 12.3.